The zero-order valence-electron chi connectivity index (χ0n) is 18.6. The summed E-state index contributed by atoms with van der Waals surface area (Å²) in [4.78, 5) is 39.3. The molecule has 6 nitrogen and oxygen atoms in total. The first-order chi connectivity index (χ1) is 16.8. The molecule has 4 rings (SSSR count). The van der Waals surface area contributed by atoms with Crippen molar-refractivity contribution in [1.82, 2.24) is 4.90 Å². The lowest BCUT2D eigenvalue weighted by atomic mass is 10.1. The molecule has 1 N–H and O–H groups in total. The Morgan fingerprint density at radius 2 is 1.80 bits per heavy atom. The Balaban J connectivity index is 1.48. The van der Waals surface area contributed by atoms with Crippen molar-refractivity contribution in [3.05, 3.63) is 98.4 Å². The van der Waals surface area contributed by atoms with Gasteiger partial charge in [-0.3, -0.25) is 19.3 Å². The maximum absolute atomic E-state index is 13.0. The summed E-state index contributed by atoms with van der Waals surface area (Å²) in [5.74, 6) is -0.463. The predicted molar refractivity (Wildman–Crippen MR) is 140 cm³/mol. The van der Waals surface area contributed by atoms with Crippen LogP contribution in [-0.2, 0) is 16.1 Å². The van der Waals surface area contributed by atoms with Crippen molar-refractivity contribution in [2.75, 3.05) is 11.9 Å². The lowest BCUT2D eigenvalue weighted by Gasteiger charge is -2.13. The van der Waals surface area contributed by atoms with Gasteiger partial charge < -0.3 is 10.1 Å². The summed E-state index contributed by atoms with van der Waals surface area (Å²) in [6.07, 6.45) is 1.55. The Morgan fingerprint density at radius 1 is 1.06 bits per heavy atom. The number of thioether (sulfide) groups is 1. The van der Waals surface area contributed by atoms with Gasteiger partial charge >= 0.3 is 0 Å². The van der Waals surface area contributed by atoms with E-state index >= 15 is 0 Å². The molecular weight excluding hydrogens is 507 g/mol. The topological polar surface area (TPSA) is 75.7 Å². The van der Waals surface area contributed by atoms with Gasteiger partial charge in [0, 0.05) is 10.6 Å². The van der Waals surface area contributed by atoms with Crippen LogP contribution in [0.3, 0.4) is 0 Å². The van der Waals surface area contributed by atoms with Gasteiger partial charge in [-0.2, -0.15) is 0 Å². The summed E-state index contributed by atoms with van der Waals surface area (Å²) in [5.41, 5.74) is 2.90. The Hall–Kier alpha value is -3.26. The molecule has 0 aromatic heterocycles. The number of halogens is 2. The normalized spacial score (nSPS) is 14.5. The van der Waals surface area contributed by atoms with E-state index in [9.17, 15) is 14.4 Å². The quantitative estimate of drug-likeness (QED) is 0.353. The molecule has 0 radical (unpaired) electrons. The van der Waals surface area contributed by atoms with E-state index < -0.39 is 11.8 Å². The number of ether oxygens (including phenoxy) is 1. The molecule has 3 amide bonds. The van der Waals surface area contributed by atoms with Crippen LogP contribution in [0.2, 0.25) is 10.0 Å². The Labute approximate surface area is 216 Å². The molecule has 178 valence electrons. The maximum atomic E-state index is 13.0. The van der Waals surface area contributed by atoms with Crippen LogP contribution in [0.5, 0.6) is 5.75 Å². The standard InChI is InChI=1S/C26H20Cl2N2O4S/c1-16-6-8-17(9-7-16)14-30-25(32)23(35-26(30)33)13-18-12-19(27)10-11-22(18)34-15-24(31)29-21-5-3-2-4-20(21)28/h2-13H,14-15H2,1H3,(H,29,31)/b23-13-. The molecule has 1 fully saturated rings. The second-order valence-corrected chi connectivity index (χ2v) is 9.59. The summed E-state index contributed by atoms with van der Waals surface area (Å²) in [6, 6.07) is 19.3. The molecular formula is C26H20Cl2N2O4S. The van der Waals surface area contributed by atoms with Gasteiger partial charge in [-0.1, -0.05) is 65.2 Å². The number of carbonyl (C=O) groups excluding carboxylic acids is 3. The number of hydrogen-bond donors (Lipinski definition) is 1. The van der Waals surface area contributed by atoms with Crippen LogP contribution >= 0.6 is 35.0 Å². The van der Waals surface area contributed by atoms with Gasteiger partial charge in [0.2, 0.25) is 0 Å². The van der Waals surface area contributed by atoms with E-state index in [1.54, 1.807) is 48.5 Å². The fourth-order valence-electron chi connectivity index (χ4n) is 3.31. The fraction of sp³-hybridized carbons (Fsp3) is 0.115. The van der Waals surface area contributed by atoms with Crippen LogP contribution < -0.4 is 10.1 Å². The third-order valence-corrected chi connectivity index (χ3v) is 6.57. The van der Waals surface area contributed by atoms with Crippen LogP contribution in [0, 0.1) is 6.92 Å². The van der Waals surface area contributed by atoms with Crippen LogP contribution in [0.25, 0.3) is 6.08 Å². The molecule has 0 spiro atoms. The van der Waals surface area contributed by atoms with E-state index in [4.69, 9.17) is 27.9 Å². The van der Waals surface area contributed by atoms with E-state index in [0.29, 0.717) is 27.0 Å². The zero-order valence-corrected chi connectivity index (χ0v) is 20.9. The minimum atomic E-state index is -0.405. The zero-order chi connectivity index (χ0) is 24.9. The monoisotopic (exact) mass is 526 g/mol. The molecule has 0 atom stereocenters. The molecule has 0 bridgehead atoms. The lowest BCUT2D eigenvalue weighted by molar-refractivity contribution is -0.123. The first-order valence-electron chi connectivity index (χ1n) is 10.6. The van der Waals surface area contributed by atoms with Gasteiger partial charge in [0.25, 0.3) is 17.1 Å². The van der Waals surface area contributed by atoms with Gasteiger partial charge in [-0.05, 0) is 60.7 Å². The number of rotatable bonds is 7. The van der Waals surface area contributed by atoms with Crippen molar-refractivity contribution in [2.45, 2.75) is 13.5 Å². The summed E-state index contributed by atoms with van der Waals surface area (Å²) in [5, 5.41) is 3.16. The van der Waals surface area contributed by atoms with Crippen molar-refractivity contribution in [1.29, 1.82) is 0 Å². The number of imide groups is 1. The molecule has 3 aromatic rings. The van der Waals surface area contributed by atoms with Gasteiger partial charge in [-0.15, -0.1) is 0 Å². The lowest BCUT2D eigenvalue weighted by Crippen LogP contribution is -2.27. The molecule has 0 unspecified atom stereocenters. The number of amides is 3. The molecule has 0 saturated carbocycles. The van der Waals surface area contributed by atoms with Crippen LogP contribution in [0.15, 0.2) is 71.6 Å². The Kier molecular flexibility index (Phi) is 7.80. The number of aryl methyl sites for hydroxylation is 1. The Morgan fingerprint density at radius 3 is 2.54 bits per heavy atom. The van der Waals surface area contributed by atoms with Crippen LogP contribution in [0.1, 0.15) is 16.7 Å². The van der Waals surface area contributed by atoms with Gasteiger partial charge in [0.15, 0.2) is 6.61 Å². The largest absolute Gasteiger partial charge is 0.483 e. The number of anilines is 1. The van der Waals surface area contributed by atoms with Crippen molar-refractivity contribution >= 4 is 63.8 Å². The van der Waals surface area contributed by atoms with Crippen molar-refractivity contribution in [3.63, 3.8) is 0 Å². The number of nitrogens with zero attached hydrogens (tertiary/aromatic N) is 1. The first-order valence-corrected chi connectivity index (χ1v) is 12.1. The molecule has 1 saturated heterocycles. The minimum Gasteiger partial charge on any atom is -0.483 e. The van der Waals surface area contributed by atoms with Crippen LogP contribution in [-0.4, -0.2) is 28.6 Å². The smallest absolute Gasteiger partial charge is 0.293 e. The first kappa shape index (κ1) is 24.9. The number of benzene rings is 3. The summed E-state index contributed by atoms with van der Waals surface area (Å²) >= 11 is 13.1. The van der Waals surface area contributed by atoms with E-state index in [1.807, 2.05) is 31.2 Å². The minimum absolute atomic E-state index is 0.184. The number of hydrogen-bond acceptors (Lipinski definition) is 5. The van der Waals surface area contributed by atoms with E-state index in [-0.39, 0.29) is 23.3 Å². The number of para-hydroxylation sites is 1. The number of nitrogens with one attached hydrogen (secondary N) is 1. The van der Waals surface area contributed by atoms with Crippen molar-refractivity contribution in [3.8, 4) is 5.75 Å². The number of carbonyl (C=O) groups is 3. The molecule has 35 heavy (non-hydrogen) atoms. The SMILES string of the molecule is Cc1ccc(CN2C(=O)S/C(=C\c3cc(Cl)ccc3OCC(=O)Nc3ccccc3Cl)C2=O)cc1. The molecule has 3 aromatic carbocycles. The maximum Gasteiger partial charge on any atom is 0.293 e. The highest BCUT2D eigenvalue weighted by molar-refractivity contribution is 8.18. The molecule has 0 aliphatic carbocycles. The van der Waals surface area contributed by atoms with E-state index in [1.165, 1.54) is 4.90 Å². The second kappa shape index (κ2) is 11.0. The average molecular weight is 527 g/mol. The Bertz CT molecular complexity index is 1330. The van der Waals surface area contributed by atoms with Crippen molar-refractivity contribution in [2.24, 2.45) is 0 Å². The van der Waals surface area contributed by atoms with E-state index in [0.717, 1.165) is 22.9 Å². The third-order valence-electron chi connectivity index (χ3n) is 5.10. The van der Waals surface area contributed by atoms with Gasteiger partial charge in [0.1, 0.15) is 5.75 Å². The third kappa shape index (κ3) is 6.25. The van der Waals surface area contributed by atoms with E-state index in [2.05, 4.69) is 5.32 Å². The summed E-state index contributed by atoms with van der Waals surface area (Å²) in [7, 11) is 0. The highest BCUT2D eigenvalue weighted by atomic mass is 35.5. The summed E-state index contributed by atoms with van der Waals surface area (Å²) < 4.78 is 5.69. The molecule has 1 aliphatic heterocycles. The second-order valence-electron chi connectivity index (χ2n) is 7.75. The predicted octanol–water partition coefficient (Wildman–Crippen LogP) is 6.56. The summed E-state index contributed by atoms with van der Waals surface area (Å²) in [6.45, 7) is 1.86. The molecule has 9 heteroatoms. The average Bonchev–Trinajstić information content (AvgIpc) is 3.09. The fourth-order valence-corrected chi connectivity index (χ4v) is 4.50. The molecule has 1 heterocycles. The molecule has 1 aliphatic rings. The highest BCUT2D eigenvalue weighted by Crippen LogP contribution is 2.35. The van der Waals surface area contributed by atoms with Crippen LogP contribution in [0.4, 0.5) is 10.5 Å². The van der Waals surface area contributed by atoms with Gasteiger partial charge in [-0.25, -0.2) is 0 Å². The highest BCUT2D eigenvalue weighted by Gasteiger charge is 2.35. The van der Waals surface area contributed by atoms with Crippen molar-refractivity contribution < 1.29 is 19.1 Å². The van der Waals surface area contributed by atoms with Gasteiger partial charge in [0.05, 0.1) is 22.2 Å².